The van der Waals surface area contributed by atoms with Crippen molar-refractivity contribution in [3.8, 4) is 0 Å². The maximum Gasteiger partial charge on any atom is -0.00431 e. The van der Waals surface area contributed by atoms with Gasteiger partial charge in [-0.05, 0) is 55.9 Å². The molecule has 1 nitrogen and oxygen atoms in total. The second kappa shape index (κ2) is 4.69. The normalized spacial score (nSPS) is 45.1. The highest BCUT2D eigenvalue weighted by molar-refractivity contribution is 5.18. The van der Waals surface area contributed by atoms with Gasteiger partial charge in [0.2, 0.25) is 0 Å². The summed E-state index contributed by atoms with van der Waals surface area (Å²) in [5.41, 5.74) is 7.64. The van der Waals surface area contributed by atoms with E-state index in [9.17, 15) is 0 Å². The SMILES string of the molecule is CC1/C=C2\CCC2C(CN)CCC(C)C1. The smallest absolute Gasteiger partial charge is 0.00431 e. The summed E-state index contributed by atoms with van der Waals surface area (Å²) in [4.78, 5) is 0. The first-order chi connectivity index (χ1) is 7.20. The van der Waals surface area contributed by atoms with E-state index in [1.165, 1.54) is 32.1 Å². The van der Waals surface area contributed by atoms with Crippen molar-refractivity contribution < 1.29 is 0 Å². The largest absolute Gasteiger partial charge is 0.330 e. The van der Waals surface area contributed by atoms with Gasteiger partial charge in [-0.1, -0.05) is 31.9 Å². The van der Waals surface area contributed by atoms with Crippen molar-refractivity contribution in [1.82, 2.24) is 0 Å². The van der Waals surface area contributed by atoms with E-state index in [0.717, 1.165) is 30.2 Å². The Hall–Kier alpha value is -0.300. The number of hydrogen-bond acceptors (Lipinski definition) is 1. The monoisotopic (exact) mass is 207 g/mol. The van der Waals surface area contributed by atoms with Gasteiger partial charge in [-0.3, -0.25) is 0 Å². The van der Waals surface area contributed by atoms with Crippen molar-refractivity contribution >= 4 is 0 Å². The van der Waals surface area contributed by atoms with E-state index in [1.54, 1.807) is 5.57 Å². The van der Waals surface area contributed by atoms with Crippen molar-refractivity contribution in [2.75, 3.05) is 6.54 Å². The molecule has 0 aromatic heterocycles. The van der Waals surface area contributed by atoms with Crippen LogP contribution in [0.15, 0.2) is 11.6 Å². The van der Waals surface area contributed by atoms with E-state index >= 15 is 0 Å². The fourth-order valence-corrected chi connectivity index (χ4v) is 3.39. The minimum Gasteiger partial charge on any atom is -0.330 e. The zero-order valence-electron chi connectivity index (χ0n) is 10.2. The Labute approximate surface area is 94.1 Å². The van der Waals surface area contributed by atoms with E-state index in [-0.39, 0.29) is 0 Å². The Morgan fingerprint density at radius 3 is 2.67 bits per heavy atom. The third kappa shape index (κ3) is 2.44. The fraction of sp³-hybridized carbons (Fsp3) is 0.857. The summed E-state index contributed by atoms with van der Waals surface area (Å²) in [6.45, 7) is 5.67. The van der Waals surface area contributed by atoms with Gasteiger partial charge in [0.1, 0.15) is 0 Å². The van der Waals surface area contributed by atoms with Crippen molar-refractivity contribution in [3.05, 3.63) is 11.6 Å². The number of rotatable bonds is 1. The van der Waals surface area contributed by atoms with Crippen LogP contribution in [0.2, 0.25) is 0 Å². The molecule has 4 unspecified atom stereocenters. The molecular formula is C14H25N. The van der Waals surface area contributed by atoms with Crippen LogP contribution < -0.4 is 5.73 Å². The van der Waals surface area contributed by atoms with Gasteiger partial charge < -0.3 is 5.73 Å². The molecular weight excluding hydrogens is 182 g/mol. The lowest BCUT2D eigenvalue weighted by Crippen LogP contribution is -2.30. The van der Waals surface area contributed by atoms with Gasteiger partial charge in [-0.15, -0.1) is 0 Å². The molecule has 15 heavy (non-hydrogen) atoms. The topological polar surface area (TPSA) is 26.0 Å². The van der Waals surface area contributed by atoms with E-state index in [4.69, 9.17) is 5.73 Å². The molecule has 0 spiro atoms. The van der Waals surface area contributed by atoms with E-state index in [0.29, 0.717) is 0 Å². The van der Waals surface area contributed by atoms with Crippen molar-refractivity contribution in [1.29, 1.82) is 0 Å². The Kier molecular flexibility index (Phi) is 3.50. The summed E-state index contributed by atoms with van der Waals surface area (Å²) >= 11 is 0. The molecule has 0 bridgehead atoms. The highest BCUT2D eigenvalue weighted by Gasteiger charge is 2.32. The molecule has 2 rings (SSSR count). The van der Waals surface area contributed by atoms with Gasteiger partial charge in [0.15, 0.2) is 0 Å². The first-order valence-electron chi connectivity index (χ1n) is 6.61. The van der Waals surface area contributed by atoms with Gasteiger partial charge in [0, 0.05) is 0 Å². The molecule has 2 aliphatic rings. The number of nitrogens with two attached hydrogens (primary N) is 1. The molecule has 0 amide bonds. The number of fused-ring (bicyclic) bond motifs is 1. The Morgan fingerprint density at radius 2 is 2.07 bits per heavy atom. The van der Waals surface area contributed by atoms with Crippen LogP contribution in [0.25, 0.3) is 0 Å². The first kappa shape index (κ1) is 11.2. The van der Waals surface area contributed by atoms with E-state index < -0.39 is 0 Å². The molecule has 0 heterocycles. The summed E-state index contributed by atoms with van der Waals surface area (Å²) in [6.07, 6.45) is 9.40. The second-order valence-corrected chi connectivity index (χ2v) is 5.78. The van der Waals surface area contributed by atoms with Crippen LogP contribution in [0.3, 0.4) is 0 Å². The van der Waals surface area contributed by atoms with Gasteiger partial charge in [-0.25, -0.2) is 0 Å². The van der Waals surface area contributed by atoms with Gasteiger partial charge in [0.05, 0.1) is 0 Å². The molecule has 86 valence electrons. The van der Waals surface area contributed by atoms with Crippen LogP contribution >= 0.6 is 0 Å². The van der Waals surface area contributed by atoms with Gasteiger partial charge in [0.25, 0.3) is 0 Å². The Morgan fingerprint density at radius 1 is 1.27 bits per heavy atom. The summed E-state index contributed by atoms with van der Waals surface area (Å²) in [5.74, 6) is 3.29. The number of allylic oxidation sites excluding steroid dienone is 2. The van der Waals surface area contributed by atoms with Crippen molar-refractivity contribution in [3.63, 3.8) is 0 Å². The minimum atomic E-state index is 0.776. The van der Waals surface area contributed by atoms with Crippen LogP contribution in [0.1, 0.15) is 46.0 Å². The van der Waals surface area contributed by atoms with Crippen molar-refractivity contribution in [2.45, 2.75) is 46.0 Å². The van der Waals surface area contributed by atoms with Crippen LogP contribution in [-0.2, 0) is 0 Å². The fourth-order valence-electron chi connectivity index (χ4n) is 3.39. The molecule has 0 aromatic carbocycles. The molecule has 1 heteroatoms. The van der Waals surface area contributed by atoms with E-state index in [2.05, 4.69) is 19.9 Å². The standard InChI is InChI=1S/C14H25N/c1-10-3-4-13(9-15)14-6-5-12(14)8-11(2)7-10/h8,10-11,13-14H,3-7,9,15H2,1-2H3/b12-8+. The summed E-state index contributed by atoms with van der Waals surface area (Å²) < 4.78 is 0. The van der Waals surface area contributed by atoms with Crippen LogP contribution in [0.5, 0.6) is 0 Å². The lowest BCUT2D eigenvalue weighted by Gasteiger charge is -2.36. The van der Waals surface area contributed by atoms with Gasteiger partial charge >= 0.3 is 0 Å². The maximum atomic E-state index is 5.91. The van der Waals surface area contributed by atoms with Crippen LogP contribution in [0.4, 0.5) is 0 Å². The molecule has 0 saturated heterocycles. The highest BCUT2D eigenvalue weighted by Crippen LogP contribution is 2.43. The maximum absolute atomic E-state index is 5.91. The minimum absolute atomic E-state index is 0.776. The Balaban J connectivity index is 2.10. The third-order valence-electron chi connectivity index (χ3n) is 4.40. The highest BCUT2D eigenvalue weighted by atomic mass is 14.6. The first-order valence-corrected chi connectivity index (χ1v) is 6.61. The number of hydrogen-bond donors (Lipinski definition) is 1. The lowest BCUT2D eigenvalue weighted by molar-refractivity contribution is 0.269. The summed E-state index contributed by atoms with van der Waals surface area (Å²) in [6, 6.07) is 0. The summed E-state index contributed by atoms with van der Waals surface area (Å²) in [7, 11) is 0. The average molecular weight is 207 g/mol. The molecule has 4 atom stereocenters. The molecule has 0 aliphatic heterocycles. The molecule has 2 aliphatic carbocycles. The quantitative estimate of drug-likeness (QED) is 0.656. The second-order valence-electron chi connectivity index (χ2n) is 5.78. The molecule has 1 saturated carbocycles. The zero-order chi connectivity index (χ0) is 10.8. The van der Waals surface area contributed by atoms with Crippen molar-refractivity contribution in [2.24, 2.45) is 29.4 Å². The molecule has 0 radical (unpaired) electrons. The average Bonchev–Trinajstić information content (AvgIpc) is 2.20. The third-order valence-corrected chi connectivity index (χ3v) is 4.40. The lowest BCUT2D eigenvalue weighted by atomic mass is 9.69. The van der Waals surface area contributed by atoms with Crippen LogP contribution in [-0.4, -0.2) is 6.54 Å². The molecule has 2 N–H and O–H groups in total. The predicted molar refractivity (Wildman–Crippen MR) is 65.5 cm³/mol. The van der Waals surface area contributed by atoms with Gasteiger partial charge in [-0.2, -0.15) is 0 Å². The molecule has 0 aromatic rings. The zero-order valence-corrected chi connectivity index (χ0v) is 10.2. The van der Waals surface area contributed by atoms with Crippen LogP contribution in [0, 0.1) is 23.7 Å². The molecule has 1 fully saturated rings. The van der Waals surface area contributed by atoms with E-state index in [1.807, 2.05) is 0 Å². The Bertz CT molecular complexity index is 244. The predicted octanol–water partition coefficient (Wildman–Crippen LogP) is 3.35. The summed E-state index contributed by atoms with van der Waals surface area (Å²) in [5, 5.41) is 0.